The summed E-state index contributed by atoms with van der Waals surface area (Å²) in [6, 6.07) is 5.04. The van der Waals surface area contributed by atoms with Crippen molar-refractivity contribution in [3.05, 3.63) is 53.3 Å². The summed E-state index contributed by atoms with van der Waals surface area (Å²) in [7, 11) is 0. The number of hydrogen-bond donors (Lipinski definition) is 1. The maximum absolute atomic E-state index is 12.7. The lowest BCUT2D eigenvalue weighted by atomic mass is 9.98. The Balaban J connectivity index is 2.60. The summed E-state index contributed by atoms with van der Waals surface area (Å²) in [5.41, 5.74) is 1.48. The molecule has 0 aliphatic heterocycles. The van der Waals surface area contributed by atoms with Gasteiger partial charge in [0.2, 0.25) is 0 Å². The van der Waals surface area contributed by atoms with E-state index in [9.17, 15) is 18.3 Å². The molecule has 1 heterocycles. The van der Waals surface area contributed by atoms with Gasteiger partial charge in [0.15, 0.2) is 0 Å². The van der Waals surface area contributed by atoms with Gasteiger partial charge in [-0.25, -0.2) is 0 Å². The molecule has 0 saturated carbocycles. The Labute approximate surface area is 108 Å². The van der Waals surface area contributed by atoms with Gasteiger partial charge in [-0.2, -0.15) is 13.2 Å². The van der Waals surface area contributed by atoms with Crippen molar-refractivity contribution in [2.45, 2.75) is 19.7 Å². The first kappa shape index (κ1) is 13.5. The van der Waals surface area contributed by atoms with Crippen LogP contribution in [0.1, 0.15) is 16.7 Å². The molecule has 19 heavy (non-hydrogen) atoms. The fraction of sp³-hybridized carbons (Fsp3) is 0.214. The third-order valence-corrected chi connectivity index (χ3v) is 2.79. The van der Waals surface area contributed by atoms with Crippen molar-refractivity contribution < 1.29 is 18.3 Å². The van der Waals surface area contributed by atoms with Crippen LogP contribution in [-0.4, -0.2) is 10.1 Å². The molecule has 100 valence electrons. The molecule has 0 atom stereocenters. The van der Waals surface area contributed by atoms with Gasteiger partial charge in [-0.15, -0.1) is 0 Å². The van der Waals surface area contributed by atoms with Crippen LogP contribution in [0.2, 0.25) is 0 Å². The van der Waals surface area contributed by atoms with Gasteiger partial charge < -0.3 is 5.11 Å². The Bertz CT molecular complexity index is 593. The van der Waals surface area contributed by atoms with Gasteiger partial charge >= 0.3 is 6.18 Å². The number of rotatable bonds is 2. The van der Waals surface area contributed by atoms with Crippen molar-refractivity contribution in [1.82, 2.24) is 4.98 Å². The Morgan fingerprint density at radius 1 is 1.16 bits per heavy atom. The number of aromatic nitrogens is 1. The van der Waals surface area contributed by atoms with Crippen molar-refractivity contribution in [3.63, 3.8) is 0 Å². The lowest BCUT2D eigenvalue weighted by Crippen LogP contribution is -2.06. The molecule has 0 spiro atoms. The minimum Gasteiger partial charge on any atom is -0.392 e. The fourth-order valence-corrected chi connectivity index (χ4v) is 1.86. The zero-order valence-corrected chi connectivity index (χ0v) is 10.2. The summed E-state index contributed by atoms with van der Waals surface area (Å²) in [6.07, 6.45) is -1.29. The van der Waals surface area contributed by atoms with Crippen molar-refractivity contribution in [1.29, 1.82) is 0 Å². The number of halogens is 3. The van der Waals surface area contributed by atoms with E-state index in [4.69, 9.17) is 0 Å². The Kier molecular flexibility index (Phi) is 3.57. The number of aliphatic hydroxyl groups excluding tert-OH is 1. The Morgan fingerprint density at radius 3 is 2.47 bits per heavy atom. The Morgan fingerprint density at radius 2 is 1.89 bits per heavy atom. The molecule has 1 aromatic carbocycles. The molecule has 5 heteroatoms. The normalized spacial score (nSPS) is 11.6. The van der Waals surface area contributed by atoms with Gasteiger partial charge in [-0.05, 0) is 41.8 Å². The van der Waals surface area contributed by atoms with Crippen LogP contribution < -0.4 is 0 Å². The number of pyridine rings is 1. The molecule has 0 fully saturated rings. The fourth-order valence-electron chi connectivity index (χ4n) is 1.86. The first-order valence-electron chi connectivity index (χ1n) is 5.65. The number of hydrogen-bond acceptors (Lipinski definition) is 2. The molecule has 0 bridgehead atoms. The number of aliphatic hydroxyl groups is 1. The van der Waals surface area contributed by atoms with Gasteiger partial charge in [-0.1, -0.05) is 6.07 Å². The second kappa shape index (κ2) is 5.01. The van der Waals surface area contributed by atoms with Crippen molar-refractivity contribution in [2.24, 2.45) is 0 Å². The monoisotopic (exact) mass is 267 g/mol. The zero-order chi connectivity index (χ0) is 14.0. The topological polar surface area (TPSA) is 33.1 Å². The van der Waals surface area contributed by atoms with Crippen molar-refractivity contribution >= 4 is 0 Å². The van der Waals surface area contributed by atoms with E-state index in [1.165, 1.54) is 12.3 Å². The van der Waals surface area contributed by atoms with Crippen LogP contribution in [0.15, 0.2) is 36.7 Å². The van der Waals surface area contributed by atoms with E-state index in [1.54, 1.807) is 12.3 Å². The summed E-state index contributed by atoms with van der Waals surface area (Å²) >= 11 is 0. The van der Waals surface area contributed by atoms with Gasteiger partial charge in [0, 0.05) is 18.0 Å². The summed E-state index contributed by atoms with van der Waals surface area (Å²) in [5, 5.41) is 9.24. The quantitative estimate of drug-likeness (QED) is 0.902. The molecule has 0 aliphatic rings. The SMILES string of the molecule is Cc1cncc(-c2cc(C(F)(F)F)ccc2CO)c1. The van der Waals surface area contributed by atoms with E-state index in [1.807, 2.05) is 6.92 Å². The molecular formula is C14H12F3NO. The van der Waals surface area contributed by atoms with Crippen LogP contribution in [0.3, 0.4) is 0 Å². The highest BCUT2D eigenvalue weighted by atomic mass is 19.4. The maximum Gasteiger partial charge on any atom is 0.416 e. The smallest absolute Gasteiger partial charge is 0.392 e. The third-order valence-electron chi connectivity index (χ3n) is 2.79. The van der Waals surface area contributed by atoms with E-state index in [0.717, 1.165) is 17.7 Å². The van der Waals surface area contributed by atoms with E-state index in [2.05, 4.69) is 4.98 Å². The molecular weight excluding hydrogens is 255 g/mol. The zero-order valence-electron chi connectivity index (χ0n) is 10.2. The second-order valence-corrected chi connectivity index (χ2v) is 4.28. The molecule has 0 radical (unpaired) electrons. The molecule has 2 aromatic rings. The number of benzene rings is 1. The lowest BCUT2D eigenvalue weighted by molar-refractivity contribution is -0.137. The highest BCUT2D eigenvalue weighted by Gasteiger charge is 2.31. The number of nitrogens with zero attached hydrogens (tertiary/aromatic N) is 1. The summed E-state index contributed by atoms with van der Waals surface area (Å²) in [4.78, 5) is 3.96. The van der Waals surface area contributed by atoms with Crippen LogP contribution in [0.25, 0.3) is 11.1 Å². The molecule has 0 saturated heterocycles. The van der Waals surface area contributed by atoms with Gasteiger partial charge in [-0.3, -0.25) is 4.98 Å². The minimum atomic E-state index is -4.40. The standard InChI is InChI=1S/C14H12F3NO/c1-9-4-11(7-18-6-9)13-5-12(14(15,16)17)3-2-10(13)8-19/h2-7,19H,8H2,1H3. The highest BCUT2D eigenvalue weighted by Crippen LogP contribution is 2.34. The largest absolute Gasteiger partial charge is 0.416 e. The number of aryl methyl sites for hydroxylation is 1. The van der Waals surface area contributed by atoms with Crippen molar-refractivity contribution in [2.75, 3.05) is 0 Å². The van der Waals surface area contributed by atoms with Crippen LogP contribution in [0, 0.1) is 6.92 Å². The predicted octanol–water partition coefficient (Wildman–Crippen LogP) is 3.57. The average Bonchev–Trinajstić information content (AvgIpc) is 2.37. The first-order valence-corrected chi connectivity index (χ1v) is 5.65. The third kappa shape index (κ3) is 2.93. The molecule has 1 aromatic heterocycles. The molecule has 2 nitrogen and oxygen atoms in total. The summed E-state index contributed by atoms with van der Waals surface area (Å²) in [6.45, 7) is 1.49. The molecule has 0 unspecified atom stereocenters. The minimum absolute atomic E-state index is 0.318. The second-order valence-electron chi connectivity index (χ2n) is 4.28. The van der Waals surface area contributed by atoms with Gasteiger partial charge in [0.1, 0.15) is 0 Å². The van der Waals surface area contributed by atoms with Crippen LogP contribution in [0.4, 0.5) is 13.2 Å². The summed E-state index contributed by atoms with van der Waals surface area (Å²) in [5.74, 6) is 0. The van der Waals surface area contributed by atoms with E-state index < -0.39 is 11.7 Å². The maximum atomic E-state index is 12.7. The van der Waals surface area contributed by atoms with E-state index in [0.29, 0.717) is 16.7 Å². The highest BCUT2D eigenvalue weighted by molar-refractivity contribution is 5.68. The molecule has 2 rings (SSSR count). The van der Waals surface area contributed by atoms with Crippen LogP contribution in [0.5, 0.6) is 0 Å². The van der Waals surface area contributed by atoms with Gasteiger partial charge in [0.25, 0.3) is 0 Å². The van der Waals surface area contributed by atoms with Gasteiger partial charge in [0.05, 0.1) is 12.2 Å². The van der Waals surface area contributed by atoms with Crippen LogP contribution >= 0.6 is 0 Å². The first-order chi connectivity index (χ1) is 8.91. The lowest BCUT2D eigenvalue weighted by Gasteiger charge is -2.12. The predicted molar refractivity (Wildman–Crippen MR) is 65.3 cm³/mol. The molecule has 0 aliphatic carbocycles. The van der Waals surface area contributed by atoms with E-state index >= 15 is 0 Å². The van der Waals surface area contributed by atoms with E-state index in [-0.39, 0.29) is 6.61 Å². The van der Waals surface area contributed by atoms with Crippen LogP contribution in [-0.2, 0) is 12.8 Å². The summed E-state index contributed by atoms with van der Waals surface area (Å²) < 4.78 is 38.2. The molecule has 1 N–H and O–H groups in total. The average molecular weight is 267 g/mol. The van der Waals surface area contributed by atoms with Crippen molar-refractivity contribution in [3.8, 4) is 11.1 Å². The number of alkyl halides is 3. The molecule has 0 amide bonds. The Hall–Kier alpha value is -1.88.